The van der Waals surface area contributed by atoms with E-state index in [2.05, 4.69) is 24.1 Å². The van der Waals surface area contributed by atoms with Crippen LogP contribution in [0.25, 0.3) is 0 Å². The largest absolute Gasteiger partial charge is 0.389 e. The first-order valence-corrected chi connectivity index (χ1v) is 8.87. The van der Waals surface area contributed by atoms with E-state index in [9.17, 15) is 13.2 Å². The van der Waals surface area contributed by atoms with Gasteiger partial charge in [0.05, 0.1) is 0 Å². The van der Waals surface area contributed by atoms with Gasteiger partial charge in [-0.1, -0.05) is 19.3 Å². The van der Waals surface area contributed by atoms with E-state index >= 15 is 0 Å². The van der Waals surface area contributed by atoms with Crippen LogP contribution in [0.2, 0.25) is 0 Å². The molecule has 2 unspecified atom stereocenters. The third kappa shape index (κ3) is 6.07. The second kappa shape index (κ2) is 8.00. The van der Waals surface area contributed by atoms with Crippen LogP contribution < -0.4 is 5.32 Å². The molecule has 0 aromatic rings. The van der Waals surface area contributed by atoms with Crippen LogP contribution in [0.15, 0.2) is 0 Å². The fourth-order valence-corrected chi connectivity index (χ4v) is 4.01. The molecule has 5 heteroatoms. The quantitative estimate of drug-likeness (QED) is 0.816. The molecule has 1 saturated carbocycles. The van der Waals surface area contributed by atoms with E-state index in [1.165, 1.54) is 32.1 Å². The van der Waals surface area contributed by atoms with Gasteiger partial charge in [0.15, 0.2) is 0 Å². The molecule has 0 amide bonds. The van der Waals surface area contributed by atoms with E-state index in [-0.39, 0.29) is 12.0 Å². The third-order valence-corrected chi connectivity index (χ3v) is 5.24. The van der Waals surface area contributed by atoms with Crippen LogP contribution in [0.3, 0.4) is 0 Å². The van der Waals surface area contributed by atoms with Gasteiger partial charge in [-0.2, -0.15) is 13.2 Å². The fraction of sp³-hybridized carbons (Fsp3) is 1.00. The van der Waals surface area contributed by atoms with Crippen LogP contribution >= 0.6 is 0 Å². The Labute approximate surface area is 132 Å². The summed E-state index contributed by atoms with van der Waals surface area (Å²) in [5.74, 6) is 0.462. The van der Waals surface area contributed by atoms with Crippen molar-refractivity contribution >= 4 is 0 Å². The van der Waals surface area contributed by atoms with Gasteiger partial charge in [-0.25, -0.2) is 0 Å². The molecule has 2 rings (SSSR count). The van der Waals surface area contributed by atoms with Crippen molar-refractivity contribution in [1.29, 1.82) is 0 Å². The number of halogens is 3. The molecule has 1 heterocycles. The number of hydrogen-bond donors (Lipinski definition) is 1. The molecule has 2 atom stereocenters. The molecule has 2 nitrogen and oxygen atoms in total. The highest BCUT2D eigenvalue weighted by Gasteiger charge is 2.37. The van der Waals surface area contributed by atoms with Gasteiger partial charge < -0.3 is 5.32 Å². The summed E-state index contributed by atoms with van der Waals surface area (Å²) in [6, 6.07) is 0.528. The highest BCUT2D eigenvalue weighted by molar-refractivity contribution is 4.86. The lowest BCUT2D eigenvalue weighted by Gasteiger charge is -2.41. The minimum Gasteiger partial charge on any atom is -0.312 e. The summed E-state index contributed by atoms with van der Waals surface area (Å²) in [5, 5.41) is 3.58. The molecule has 22 heavy (non-hydrogen) atoms. The molecule has 0 aromatic heterocycles. The number of alkyl halides is 3. The number of nitrogens with zero attached hydrogens (tertiary/aromatic N) is 1. The highest BCUT2D eigenvalue weighted by atomic mass is 19.4. The topological polar surface area (TPSA) is 15.3 Å². The molecule has 0 radical (unpaired) electrons. The van der Waals surface area contributed by atoms with Crippen LogP contribution in [-0.4, -0.2) is 42.8 Å². The van der Waals surface area contributed by atoms with E-state index in [1.807, 2.05) is 0 Å². The Bertz CT molecular complexity index is 324. The number of hydrogen-bond acceptors (Lipinski definition) is 2. The van der Waals surface area contributed by atoms with Crippen molar-refractivity contribution in [2.75, 3.05) is 19.6 Å². The van der Waals surface area contributed by atoms with Gasteiger partial charge >= 0.3 is 6.18 Å². The van der Waals surface area contributed by atoms with Crippen LogP contribution in [0.1, 0.15) is 58.8 Å². The zero-order chi connectivity index (χ0) is 16.2. The van der Waals surface area contributed by atoms with E-state index in [1.54, 1.807) is 0 Å². The van der Waals surface area contributed by atoms with Crippen molar-refractivity contribution in [3.8, 4) is 0 Å². The monoisotopic (exact) mass is 320 g/mol. The van der Waals surface area contributed by atoms with Crippen molar-refractivity contribution in [3.05, 3.63) is 0 Å². The van der Waals surface area contributed by atoms with Crippen molar-refractivity contribution in [2.45, 2.75) is 77.1 Å². The van der Waals surface area contributed by atoms with Gasteiger partial charge in [0.2, 0.25) is 0 Å². The summed E-state index contributed by atoms with van der Waals surface area (Å²) in [6.07, 6.45) is 2.50. The van der Waals surface area contributed by atoms with E-state index < -0.39 is 12.6 Å². The minimum absolute atomic E-state index is 0.213. The van der Waals surface area contributed by atoms with Crippen molar-refractivity contribution < 1.29 is 13.2 Å². The van der Waals surface area contributed by atoms with Crippen molar-refractivity contribution in [3.63, 3.8) is 0 Å². The minimum atomic E-state index is -4.04. The van der Waals surface area contributed by atoms with Gasteiger partial charge in [-0.05, 0) is 51.5 Å². The summed E-state index contributed by atoms with van der Waals surface area (Å²) >= 11 is 0. The van der Waals surface area contributed by atoms with Gasteiger partial charge in [0, 0.05) is 31.6 Å². The van der Waals surface area contributed by atoms with Crippen LogP contribution in [0.5, 0.6) is 0 Å². The second-order valence-electron chi connectivity index (χ2n) is 7.58. The smallest absolute Gasteiger partial charge is 0.312 e. The number of rotatable bonds is 5. The second-order valence-corrected chi connectivity index (χ2v) is 7.58. The maximum atomic E-state index is 12.7. The maximum absolute atomic E-state index is 12.7. The lowest BCUT2D eigenvalue weighted by Crippen LogP contribution is -2.52. The molecule has 1 aliphatic heterocycles. The molecular formula is C17H31F3N2. The first-order chi connectivity index (χ1) is 10.3. The Morgan fingerprint density at radius 3 is 2.32 bits per heavy atom. The highest BCUT2D eigenvalue weighted by Crippen LogP contribution is 2.31. The Balaban J connectivity index is 1.85. The zero-order valence-corrected chi connectivity index (χ0v) is 14.0. The summed E-state index contributed by atoms with van der Waals surface area (Å²) < 4.78 is 38.2. The predicted octanol–water partition coefficient (Wildman–Crippen LogP) is 4.21. The molecule has 1 aliphatic carbocycles. The molecule has 2 fully saturated rings. The van der Waals surface area contributed by atoms with E-state index in [4.69, 9.17) is 0 Å². The van der Waals surface area contributed by atoms with Crippen LogP contribution in [-0.2, 0) is 0 Å². The van der Waals surface area contributed by atoms with Gasteiger partial charge in [-0.15, -0.1) is 0 Å². The predicted molar refractivity (Wildman–Crippen MR) is 83.9 cm³/mol. The van der Waals surface area contributed by atoms with Gasteiger partial charge in [0.25, 0.3) is 0 Å². The molecular weight excluding hydrogens is 289 g/mol. The van der Waals surface area contributed by atoms with E-state index in [0.29, 0.717) is 19.0 Å². The summed E-state index contributed by atoms with van der Waals surface area (Å²) in [7, 11) is 0. The molecule has 2 aliphatic rings. The number of piperidine rings is 1. The van der Waals surface area contributed by atoms with Gasteiger partial charge in [0.1, 0.15) is 0 Å². The van der Waals surface area contributed by atoms with E-state index in [0.717, 1.165) is 19.0 Å². The average Bonchev–Trinajstić information content (AvgIpc) is 2.44. The van der Waals surface area contributed by atoms with Crippen LogP contribution in [0, 0.1) is 11.8 Å². The molecule has 130 valence electrons. The standard InChI is InChI=1S/C17H31F3N2/c1-13(2)22-11-15(9-17(18,19)20)8-16(12-22)21-10-14-6-4-3-5-7-14/h13-16,21H,3-12H2,1-2H3. The number of nitrogens with one attached hydrogen (secondary N) is 1. The summed E-state index contributed by atoms with van der Waals surface area (Å²) in [6.45, 7) is 6.61. The Hall–Kier alpha value is -0.290. The third-order valence-electron chi connectivity index (χ3n) is 5.24. The molecule has 0 spiro atoms. The lowest BCUT2D eigenvalue weighted by atomic mass is 9.87. The maximum Gasteiger partial charge on any atom is 0.389 e. The molecule has 1 N–H and O–H groups in total. The van der Waals surface area contributed by atoms with Gasteiger partial charge in [-0.3, -0.25) is 4.90 Å². The van der Waals surface area contributed by atoms with Crippen molar-refractivity contribution in [2.24, 2.45) is 11.8 Å². The van der Waals surface area contributed by atoms with Crippen molar-refractivity contribution in [1.82, 2.24) is 10.2 Å². The lowest BCUT2D eigenvalue weighted by molar-refractivity contribution is -0.149. The Morgan fingerprint density at radius 2 is 1.73 bits per heavy atom. The molecule has 0 bridgehead atoms. The molecule has 0 aromatic carbocycles. The first kappa shape index (κ1) is 18.1. The summed E-state index contributed by atoms with van der Waals surface area (Å²) in [5.41, 5.74) is 0. The summed E-state index contributed by atoms with van der Waals surface area (Å²) in [4.78, 5) is 2.21. The molecule has 1 saturated heterocycles. The fourth-order valence-electron chi connectivity index (χ4n) is 4.01. The SMILES string of the molecule is CC(C)N1CC(CC(F)(F)F)CC(NCC2CCCCC2)C1. The normalized spacial score (nSPS) is 29.2. The Kier molecular flexibility index (Phi) is 6.57. The van der Waals surface area contributed by atoms with Crippen LogP contribution in [0.4, 0.5) is 13.2 Å². The number of likely N-dealkylation sites (tertiary alicyclic amines) is 1. The Morgan fingerprint density at radius 1 is 1.05 bits per heavy atom. The first-order valence-electron chi connectivity index (χ1n) is 8.87. The zero-order valence-electron chi connectivity index (χ0n) is 14.0. The average molecular weight is 320 g/mol.